The lowest BCUT2D eigenvalue weighted by Gasteiger charge is -2.35. The molecule has 0 aliphatic carbocycles. The molecule has 0 saturated carbocycles. The Morgan fingerprint density at radius 1 is 1.19 bits per heavy atom. The van der Waals surface area contributed by atoms with Crippen molar-refractivity contribution in [3.63, 3.8) is 0 Å². The highest BCUT2D eigenvalue weighted by Gasteiger charge is 2.29. The maximum atomic E-state index is 14.6. The number of hydrogen-bond donors (Lipinski definition) is 0. The van der Waals surface area contributed by atoms with Gasteiger partial charge >= 0.3 is 0 Å². The Kier molecular flexibility index (Phi) is 6.77. The quantitative estimate of drug-likeness (QED) is 0.730. The molecule has 4 rings (SSSR count). The highest BCUT2D eigenvalue weighted by molar-refractivity contribution is 5.78. The van der Waals surface area contributed by atoms with Crippen LogP contribution in [-0.4, -0.2) is 85.7 Å². The minimum Gasteiger partial charge on any atom is -0.379 e. The molecule has 7 nitrogen and oxygen atoms in total. The van der Waals surface area contributed by atoms with Crippen molar-refractivity contribution in [1.82, 2.24) is 19.8 Å². The number of likely N-dealkylation sites (tertiary alicyclic amines) is 1. The predicted octanol–water partition coefficient (Wildman–Crippen LogP) is 2.39. The minimum absolute atomic E-state index is 0.0405. The molecule has 2 aromatic rings. The van der Waals surface area contributed by atoms with Crippen LogP contribution in [0.3, 0.4) is 0 Å². The SMILES string of the molecule is CN(C)c1ncc(-c2ccccc2F)c(C2CCCN(C(=O)CN3CCOCC3)C2)n1. The van der Waals surface area contributed by atoms with Gasteiger partial charge in [0.2, 0.25) is 11.9 Å². The van der Waals surface area contributed by atoms with Crippen LogP contribution >= 0.6 is 0 Å². The molecular weight excluding hydrogens is 397 g/mol. The molecule has 0 bridgehead atoms. The summed E-state index contributed by atoms with van der Waals surface area (Å²) in [6, 6.07) is 6.72. The predicted molar refractivity (Wildman–Crippen MR) is 118 cm³/mol. The van der Waals surface area contributed by atoms with Gasteiger partial charge in [0.15, 0.2) is 0 Å². The van der Waals surface area contributed by atoms with E-state index in [0.717, 1.165) is 38.2 Å². The Labute approximate surface area is 182 Å². The van der Waals surface area contributed by atoms with Gasteiger partial charge in [-0.1, -0.05) is 18.2 Å². The molecule has 3 heterocycles. The second-order valence-electron chi connectivity index (χ2n) is 8.41. The fourth-order valence-corrected chi connectivity index (χ4v) is 4.28. The number of ether oxygens (including phenoxy) is 1. The minimum atomic E-state index is -0.291. The number of rotatable bonds is 5. The van der Waals surface area contributed by atoms with E-state index >= 15 is 0 Å². The standard InChI is InChI=1S/C23H30FN5O2/c1-27(2)23-25-14-19(18-7-3-4-8-20(18)24)22(26-23)17-6-5-9-29(15-17)21(30)16-28-10-12-31-13-11-28/h3-4,7-8,14,17H,5-6,9-13,15-16H2,1-2H3. The Morgan fingerprint density at radius 3 is 2.71 bits per heavy atom. The van der Waals surface area contributed by atoms with Gasteiger partial charge in [-0.3, -0.25) is 9.69 Å². The molecule has 0 radical (unpaired) electrons. The lowest BCUT2D eigenvalue weighted by molar-refractivity contribution is -0.134. The Bertz CT molecular complexity index is 917. The van der Waals surface area contributed by atoms with Crippen molar-refractivity contribution in [2.75, 3.05) is 64.9 Å². The largest absolute Gasteiger partial charge is 0.379 e. The van der Waals surface area contributed by atoms with Gasteiger partial charge in [-0.25, -0.2) is 14.4 Å². The normalized spacial score (nSPS) is 20.0. The summed E-state index contributed by atoms with van der Waals surface area (Å²) in [5.74, 6) is 0.479. The first-order valence-corrected chi connectivity index (χ1v) is 10.9. The smallest absolute Gasteiger partial charge is 0.236 e. The Hall–Kier alpha value is -2.58. The summed E-state index contributed by atoms with van der Waals surface area (Å²) in [7, 11) is 3.78. The van der Waals surface area contributed by atoms with Gasteiger partial charge in [0, 0.05) is 63.5 Å². The number of anilines is 1. The number of carbonyl (C=O) groups is 1. The van der Waals surface area contributed by atoms with Crippen molar-refractivity contribution >= 4 is 11.9 Å². The van der Waals surface area contributed by atoms with Crippen LogP contribution in [0.4, 0.5) is 10.3 Å². The third-order valence-corrected chi connectivity index (χ3v) is 5.99. The van der Waals surface area contributed by atoms with E-state index in [0.29, 0.717) is 43.4 Å². The van der Waals surface area contributed by atoms with Crippen molar-refractivity contribution < 1.29 is 13.9 Å². The fourth-order valence-electron chi connectivity index (χ4n) is 4.28. The zero-order chi connectivity index (χ0) is 21.8. The average molecular weight is 428 g/mol. The third kappa shape index (κ3) is 5.02. The topological polar surface area (TPSA) is 61.8 Å². The molecule has 2 fully saturated rings. The van der Waals surface area contributed by atoms with E-state index in [2.05, 4.69) is 9.88 Å². The monoisotopic (exact) mass is 427 g/mol. The first-order chi connectivity index (χ1) is 15.0. The third-order valence-electron chi connectivity index (χ3n) is 5.99. The number of halogens is 1. The van der Waals surface area contributed by atoms with E-state index in [1.807, 2.05) is 30.0 Å². The second kappa shape index (κ2) is 9.70. The van der Waals surface area contributed by atoms with Crippen molar-refractivity contribution in [3.05, 3.63) is 42.0 Å². The Balaban J connectivity index is 1.59. The molecule has 166 valence electrons. The molecule has 2 saturated heterocycles. The zero-order valence-electron chi connectivity index (χ0n) is 18.3. The van der Waals surface area contributed by atoms with Crippen LogP contribution in [0.25, 0.3) is 11.1 Å². The summed E-state index contributed by atoms with van der Waals surface area (Å²) in [4.78, 5) is 28.1. The van der Waals surface area contributed by atoms with Gasteiger partial charge in [-0.2, -0.15) is 0 Å². The number of aromatic nitrogens is 2. The van der Waals surface area contributed by atoms with Crippen molar-refractivity contribution in [3.8, 4) is 11.1 Å². The molecule has 2 aliphatic heterocycles. The first-order valence-electron chi connectivity index (χ1n) is 10.9. The van der Waals surface area contributed by atoms with Gasteiger partial charge in [-0.15, -0.1) is 0 Å². The van der Waals surface area contributed by atoms with Crippen LogP contribution in [0.15, 0.2) is 30.5 Å². The number of morpholine rings is 1. The Morgan fingerprint density at radius 2 is 1.97 bits per heavy atom. The van der Waals surface area contributed by atoms with E-state index in [9.17, 15) is 9.18 Å². The summed E-state index contributed by atoms with van der Waals surface area (Å²) in [6.45, 7) is 4.70. The summed E-state index contributed by atoms with van der Waals surface area (Å²) in [5, 5.41) is 0. The number of carbonyl (C=O) groups excluding carboxylic acids is 1. The first kappa shape index (κ1) is 21.6. The van der Waals surface area contributed by atoms with Crippen LogP contribution in [0.5, 0.6) is 0 Å². The number of hydrogen-bond acceptors (Lipinski definition) is 6. The number of piperidine rings is 1. The molecule has 0 N–H and O–H groups in total. The van der Waals surface area contributed by atoms with Gasteiger partial charge in [0.05, 0.1) is 25.5 Å². The lowest BCUT2D eigenvalue weighted by atomic mass is 9.89. The van der Waals surface area contributed by atoms with Crippen LogP contribution in [0.1, 0.15) is 24.5 Å². The molecule has 0 spiro atoms. The summed E-state index contributed by atoms with van der Waals surface area (Å²) >= 11 is 0. The van der Waals surface area contributed by atoms with Crippen molar-refractivity contribution in [2.45, 2.75) is 18.8 Å². The summed E-state index contributed by atoms with van der Waals surface area (Å²) in [5.41, 5.74) is 2.02. The van der Waals surface area contributed by atoms with Crippen LogP contribution in [0, 0.1) is 5.82 Å². The molecule has 1 amide bonds. The van der Waals surface area contributed by atoms with Gasteiger partial charge in [0.25, 0.3) is 0 Å². The van der Waals surface area contributed by atoms with Crippen molar-refractivity contribution in [2.24, 2.45) is 0 Å². The lowest BCUT2D eigenvalue weighted by Crippen LogP contribution is -2.47. The molecule has 8 heteroatoms. The number of nitrogens with zero attached hydrogens (tertiary/aromatic N) is 5. The van der Waals surface area contributed by atoms with Crippen LogP contribution in [0.2, 0.25) is 0 Å². The van der Waals surface area contributed by atoms with Crippen LogP contribution in [-0.2, 0) is 9.53 Å². The number of benzene rings is 1. The summed E-state index contributed by atoms with van der Waals surface area (Å²) < 4.78 is 20.0. The summed E-state index contributed by atoms with van der Waals surface area (Å²) in [6.07, 6.45) is 3.52. The maximum Gasteiger partial charge on any atom is 0.236 e. The van der Waals surface area contributed by atoms with Crippen LogP contribution < -0.4 is 4.90 Å². The van der Waals surface area contributed by atoms with E-state index in [-0.39, 0.29) is 17.6 Å². The highest BCUT2D eigenvalue weighted by Crippen LogP contribution is 2.35. The van der Waals surface area contributed by atoms with E-state index < -0.39 is 0 Å². The molecule has 2 aliphatic rings. The molecule has 1 atom stereocenters. The molecule has 1 aromatic carbocycles. The van der Waals surface area contributed by atoms with Gasteiger partial charge in [0.1, 0.15) is 5.82 Å². The maximum absolute atomic E-state index is 14.6. The van der Waals surface area contributed by atoms with E-state index in [1.165, 1.54) is 6.07 Å². The van der Waals surface area contributed by atoms with E-state index in [1.54, 1.807) is 18.3 Å². The molecule has 31 heavy (non-hydrogen) atoms. The average Bonchev–Trinajstić information content (AvgIpc) is 2.80. The fraction of sp³-hybridized carbons (Fsp3) is 0.522. The highest BCUT2D eigenvalue weighted by atomic mass is 19.1. The molecule has 1 aromatic heterocycles. The van der Waals surface area contributed by atoms with Crippen molar-refractivity contribution in [1.29, 1.82) is 0 Å². The molecule has 1 unspecified atom stereocenters. The molecular formula is C23H30FN5O2. The zero-order valence-corrected chi connectivity index (χ0v) is 18.3. The van der Waals surface area contributed by atoms with Gasteiger partial charge in [-0.05, 0) is 18.9 Å². The number of amides is 1. The second-order valence-corrected chi connectivity index (χ2v) is 8.41. The van der Waals surface area contributed by atoms with Gasteiger partial charge < -0.3 is 14.5 Å². The van der Waals surface area contributed by atoms with E-state index in [4.69, 9.17) is 9.72 Å².